The van der Waals surface area contributed by atoms with E-state index in [4.69, 9.17) is 0 Å². The van der Waals surface area contributed by atoms with Gasteiger partial charge in [0.1, 0.15) is 0 Å². The zero-order chi connectivity index (χ0) is 12.6. The molecule has 0 aliphatic heterocycles. The maximum absolute atomic E-state index is 9.42. The van der Waals surface area contributed by atoms with E-state index in [2.05, 4.69) is 21.0 Å². The van der Waals surface area contributed by atoms with E-state index < -0.39 is 0 Å². The summed E-state index contributed by atoms with van der Waals surface area (Å²) in [6.45, 7) is 6.00. The minimum atomic E-state index is 0.0208. The highest BCUT2D eigenvalue weighted by atomic mass is 79.9. The number of hydrogen-bond acceptors (Lipinski definition) is 2. The average Bonchev–Trinajstić information content (AvgIpc) is 2.57. The van der Waals surface area contributed by atoms with Crippen molar-refractivity contribution in [2.24, 2.45) is 0 Å². The number of rotatable bonds is 2. The lowest BCUT2D eigenvalue weighted by Crippen LogP contribution is -2.04. The second-order valence-electron chi connectivity index (χ2n) is 4.19. The third-order valence-electron chi connectivity index (χ3n) is 2.84. The zero-order valence-corrected chi connectivity index (χ0v) is 11.7. The van der Waals surface area contributed by atoms with E-state index in [9.17, 15) is 5.11 Å². The number of nitrogens with zero attached hydrogens (tertiary/aromatic N) is 2. The summed E-state index contributed by atoms with van der Waals surface area (Å²) in [6, 6.07) is 6.01. The van der Waals surface area contributed by atoms with Crippen molar-refractivity contribution in [3.05, 3.63) is 45.2 Å². The summed E-state index contributed by atoms with van der Waals surface area (Å²) in [5.41, 5.74) is 4.96. The van der Waals surface area contributed by atoms with Crippen molar-refractivity contribution in [3.8, 4) is 5.69 Å². The highest BCUT2D eigenvalue weighted by Gasteiger charge is 2.12. The van der Waals surface area contributed by atoms with E-state index >= 15 is 0 Å². The fourth-order valence-electron chi connectivity index (χ4n) is 1.91. The molecule has 0 atom stereocenters. The first-order chi connectivity index (χ1) is 8.04. The number of hydrogen-bond donors (Lipinski definition) is 1. The van der Waals surface area contributed by atoms with Gasteiger partial charge in [-0.15, -0.1) is 0 Å². The Kier molecular flexibility index (Phi) is 3.35. The molecular weight excluding hydrogens is 280 g/mol. The lowest BCUT2D eigenvalue weighted by Gasteiger charge is -2.10. The molecule has 90 valence electrons. The fourth-order valence-corrected chi connectivity index (χ4v) is 2.15. The van der Waals surface area contributed by atoms with Crippen LogP contribution in [0.2, 0.25) is 0 Å². The van der Waals surface area contributed by atoms with Gasteiger partial charge in [-0.3, -0.25) is 0 Å². The predicted molar refractivity (Wildman–Crippen MR) is 71.4 cm³/mol. The third-order valence-corrected chi connectivity index (χ3v) is 3.98. The van der Waals surface area contributed by atoms with Gasteiger partial charge in [-0.1, -0.05) is 17.7 Å². The van der Waals surface area contributed by atoms with Crippen LogP contribution in [0.15, 0.2) is 22.7 Å². The molecule has 4 heteroatoms. The first-order valence-electron chi connectivity index (χ1n) is 5.47. The first-order valence-corrected chi connectivity index (χ1v) is 6.26. The fraction of sp³-hybridized carbons (Fsp3) is 0.308. The molecule has 2 aromatic rings. The van der Waals surface area contributed by atoms with Crippen LogP contribution in [-0.2, 0) is 6.61 Å². The molecule has 1 aromatic heterocycles. The zero-order valence-electron chi connectivity index (χ0n) is 10.2. The van der Waals surface area contributed by atoms with Gasteiger partial charge in [-0.25, -0.2) is 4.68 Å². The van der Waals surface area contributed by atoms with Gasteiger partial charge in [0.25, 0.3) is 0 Å². The summed E-state index contributed by atoms with van der Waals surface area (Å²) in [7, 11) is 0. The van der Waals surface area contributed by atoms with Gasteiger partial charge in [0.2, 0.25) is 0 Å². The van der Waals surface area contributed by atoms with E-state index in [1.54, 1.807) is 0 Å². The van der Waals surface area contributed by atoms with Gasteiger partial charge in [0, 0.05) is 5.56 Å². The van der Waals surface area contributed by atoms with Crippen molar-refractivity contribution in [2.45, 2.75) is 27.4 Å². The predicted octanol–water partition coefficient (Wildman–Crippen LogP) is 3.05. The molecule has 1 heterocycles. The van der Waals surface area contributed by atoms with E-state index in [-0.39, 0.29) is 6.61 Å². The molecule has 0 aliphatic carbocycles. The molecule has 0 bridgehead atoms. The Labute approximate surface area is 109 Å². The summed E-state index contributed by atoms with van der Waals surface area (Å²) >= 11 is 3.51. The molecule has 0 aliphatic rings. The summed E-state index contributed by atoms with van der Waals surface area (Å²) < 4.78 is 2.88. The standard InChI is InChI=1S/C13H15BrN2O/c1-8-4-5-12(11(6-8)7-17)16-10(3)13(14)9(2)15-16/h4-6,17H,7H2,1-3H3. The highest BCUT2D eigenvalue weighted by Crippen LogP contribution is 2.25. The summed E-state index contributed by atoms with van der Waals surface area (Å²) in [4.78, 5) is 0. The molecule has 0 saturated heterocycles. The molecule has 2 rings (SSSR count). The lowest BCUT2D eigenvalue weighted by atomic mass is 10.1. The van der Waals surface area contributed by atoms with Crippen molar-refractivity contribution in [2.75, 3.05) is 0 Å². The molecule has 0 amide bonds. The van der Waals surface area contributed by atoms with Gasteiger partial charge >= 0.3 is 0 Å². The van der Waals surface area contributed by atoms with Gasteiger partial charge in [-0.05, 0) is 42.8 Å². The normalized spacial score (nSPS) is 10.9. The van der Waals surface area contributed by atoms with E-state index in [0.717, 1.165) is 32.7 Å². The molecule has 0 spiro atoms. The topological polar surface area (TPSA) is 38.0 Å². The van der Waals surface area contributed by atoms with Crippen LogP contribution in [0.25, 0.3) is 5.69 Å². The SMILES string of the molecule is Cc1ccc(-n2nc(C)c(Br)c2C)c(CO)c1. The van der Waals surface area contributed by atoms with Crippen molar-refractivity contribution in [1.29, 1.82) is 0 Å². The largest absolute Gasteiger partial charge is 0.392 e. The molecule has 3 nitrogen and oxygen atoms in total. The van der Waals surface area contributed by atoms with Crippen LogP contribution in [0.5, 0.6) is 0 Å². The van der Waals surface area contributed by atoms with Crippen LogP contribution in [-0.4, -0.2) is 14.9 Å². The Morgan fingerprint density at radius 1 is 1.29 bits per heavy atom. The number of benzene rings is 1. The summed E-state index contributed by atoms with van der Waals surface area (Å²) in [6.07, 6.45) is 0. The van der Waals surface area contributed by atoms with Gasteiger partial charge < -0.3 is 5.11 Å². The van der Waals surface area contributed by atoms with E-state index in [0.29, 0.717) is 0 Å². The van der Waals surface area contributed by atoms with Crippen LogP contribution < -0.4 is 0 Å². The number of aliphatic hydroxyl groups is 1. The Morgan fingerprint density at radius 3 is 2.53 bits per heavy atom. The molecule has 17 heavy (non-hydrogen) atoms. The Balaban J connectivity index is 2.64. The summed E-state index contributed by atoms with van der Waals surface area (Å²) in [5, 5.41) is 13.9. The highest BCUT2D eigenvalue weighted by molar-refractivity contribution is 9.10. The second-order valence-corrected chi connectivity index (χ2v) is 4.98. The Hall–Kier alpha value is -1.13. The smallest absolute Gasteiger partial charge is 0.0743 e. The number of aryl methyl sites for hydroxylation is 2. The molecule has 0 saturated carbocycles. The maximum atomic E-state index is 9.42. The third kappa shape index (κ3) is 2.15. The molecule has 1 N–H and O–H groups in total. The van der Waals surface area contributed by atoms with Crippen molar-refractivity contribution < 1.29 is 5.11 Å². The monoisotopic (exact) mass is 294 g/mol. The maximum Gasteiger partial charge on any atom is 0.0743 e. The van der Waals surface area contributed by atoms with E-state index in [1.165, 1.54) is 0 Å². The molecule has 1 aromatic carbocycles. The first kappa shape index (κ1) is 12.3. The summed E-state index contributed by atoms with van der Waals surface area (Å²) in [5.74, 6) is 0. The Morgan fingerprint density at radius 2 is 2.00 bits per heavy atom. The van der Waals surface area contributed by atoms with Gasteiger partial charge in [0.05, 0.1) is 28.2 Å². The van der Waals surface area contributed by atoms with E-state index in [1.807, 2.05) is 43.7 Å². The van der Waals surface area contributed by atoms with Gasteiger partial charge in [0.15, 0.2) is 0 Å². The molecule has 0 radical (unpaired) electrons. The van der Waals surface area contributed by atoms with Crippen LogP contribution >= 0.6 is 15.9 Å². The van der Waals surface area contributed by atoms with Crippen molar-refractivity contribution in [3.63, 3.8) is 0 Å². The molecule has 0 fully saturated rings. The Bertz CT molecular complexity index is 561. The van der Waals surface area contributed by atoms with Crippen molar-refractivity contribution in [1.82, 2.24) is 9.78 Å². The van der Waals surface area contributed by atoms with Crippen LogP contribution in [0.4, 0.5) is 0 Å². The minimum absolute atomic E-state index is 0.0208. The lowest BCUT2D eigenvalue weighted by molar-refractivity contribution is 0.281. The number of aromatic nitrogens is 2. The number of aliphatic hydroxyl groups excluding tert-OH is 1. The van der Waals surface area contributed by atoms with Crippen LogP contribution in [0, 0.1) is 20.8 Å². The second kappa shape index (κ2) is 4.63. The molecular formula is C13H15BrN2O. The van der Waals surface area contributed by atoms with Gasteiger partial charge in [-0.2, -0.15) is 5.10 Å². The quantitative estimate of drug-likeness (QED) is 0.924. The van der Waals surface area contributed by atoms with Crippen molar-refractivity contribution >= 4 is 15.9 Å². The van der Waals surface area contributed by atoms with Crippen LogP contribution in [0.3, 0.4) is 0 Å². The average molecular weight is 295 g/mol. The number of halogens is 1. The minimum Gasteiger partial charge on any atom is -0.392 e. The molecule has 0 unspecified atom stereocenters. The van der Waals surface area contributed by atoms with Crippen LogP contribution in [0.1, 0.15) is 22.5 Å².